The lowest BCUT2D eigenvalue weighted by Gasteiger charge is -2.18. The van der Waals surface area contributed by atoms with Crippen LogP contribution >= 0.6 is 15.9 Å². The standard InChI is InChI=1S/C18H20BrNO3/c1-12-13(6-4-5-9-16(21)20-11-10-19)18(23)15-8-3-2-7-14(15)17(12)22/h2-3,7-8H,4-6,9-11H2,1H3,(H,20,21). The lowest BCUT2D eigenvalue weighted by atomic mass is 9.83. The molecule has 4 nitrogen and oxygen atoms in total. The van der Waals surface area contributed by atoms with Gasteiger partial charge in [-0.3, -0.25) is 14.4 Å². The number of fused-ring (bicyclic) bond motifs is 1. The molecule has 0 saturated carbocycles. The lowest BCUT2D eigenvalue weighted by Crippen LogP contribution is -2.24. The number of hydrogen-bond acceptors (Lipinski definition) is 3. The van der Waals surface area contributed by atoms with Crippen molar-refractivity contribution in [2.75, 3.05) is 11.9 Å². The van der Waals surface area contributed by atoms with Crippen LogP contribution in [0.3, 0.4) is 0 Å². The summed E-state index contributed by atoms with van der Waals surface area (Å²) >= 11 is 3.25. The van der Waals surface area contributed by atoms with Crippen LogP contribution in [0.5, 0.6) is 0 Å². The first-order valence-corrected chi connectivity index (χ1v) is 8.89. The lowest BCUT2D eigenvalue weighted by molar-refractivity contribution is -0.121. The topological polar surface area (TPSA) is 63.2 Å². The predicted molar refractivity (Wildman–Crippen MR) is 93.1 cm³/mol. The molecule has 1 aliphatic carbocycles. The normalized spacial score (nSPS) is 14.0. The van der Waals surface area contributed by atoms with Crippen molar-refractivity contribution in [2.24, 2.45) is 0 Å². The van der Waals surface area contributed by atoms with Crippen molar-refractivity contribution in [1.82, 2.24) is 5.32 Å². The van der Waals surface area contributed by atoms with Crippen LogP contribution in [0, 0.1) is 0 Å². The minimum absolute atomic E-state index is 0.0199. The van der Waals surface area contributed by atoms with Gasteiger partial charge in [0.05, 0.1) is 0 Å². The number of unbranched alkanes of at least 4 members (excludes halogenated alkanes) is 1. The molecule has 2 rings (SSSR count). The van der Waals surface area contributed by atoms with Gasteiger partial charge in [-0.25, -0.2) is 0 Å². The molecule has 1 N–H and O–H groups in total. The Labute approximate surface area is 144 Å². The van der Waals surface area contributed by atoms with Gasteiger partial charge in [-0.2, -0.15) is 0 Å². The number of hydrogen-bond donors (Lipinski definition) is 1. The van der Waals surface area contributed by atoms with Crippen LogP contribution < -0.4 is 5.32 Å². The number of rotatable bonds is 7. The van der Waals surface area contributed by atoms with Gasteiger partial charge in [0.2, 0.25) is 5.91 Å². The maximum atomic E-state index is 12.5. The second kappa shape index (κ2) is 8.20. The van der Waals surface area contributed by atoms with Crippen LogP contribution in [0.1, 0.15) is 53.3 Å². The van der Waals surface area contributed by atoms with Crippen molar-refractivity contribution in [3.05, 3.63) is 46.5 Å². The van der Waals surface area contributed by atoms with E-state index in [1.165, 1.54) is 0 Å². The summed E-state index contributed by atoms with van der Waals surface area (Å²) in [5, 5.41) is 3.53. The van der Waals surface area contributed by atoms with E-state index in [0.29, 0.717) is 48.1 Å². The fraction of sp³-hybridized carbons (Fsp3) is 0.389. The minimum Gasteiger partial charge on any atom is -0.355 e. The van der Waals surface area contributed by atoms with Crippen molar-refractivity contribution in [1.29, 1.82) is 0 Å². The van der Waals surface area contributed by atoms with Crippen LogP contribution in [0.15, 0.2) is 35.4 Å². The average Bonchev–Trinajstić information content (AvgIpc) is 2.57. The van der Waals surface area contributed by atoms with Crippen molar-refractivity contribution in [3.63, 3.8) is 0 Å². The van der Waals surface area contributed by atoms with Crippen molar-refractivity contribution < 1.29 is 14.4 Å². The first kappa shape index (κ1) is 17.6. The molecule has 1 amide bonds. The number of alkyl halides is 1. The van der Waals surface area contributed by atoms with Gasteiger partial charge >= 0.3 is 0 Å². The fourth-order valence-electron chi connectivity index (χ4n) is 2.71. The van der Waals surface area contributed by atoms with Crippen LogP contribution in [-0.2, 0) is 4.79 Å². The van der Waals surface area contributed by atoms with Crippen molar-refractivity contribution in [3.8, 4) is 0 Å². The largest absolute Gasteiger partial charge is 0.355 e. The molecule has 0 fully saturated rings. The van der Waals surface area contributed by atoms with E-state index in [2.05, 4.69) is 21.2 Å². The van der Waals surface area contributed by atoms with E-state index in [0.717, 1.165) is 11.8 Å². The Balaban J connectivity index is 1.95. The number of allylic oxidation sites excluding steroid dienone is 2. The highest BCUT2D eigenvalue weighted by molar-refractivity contribution is 9.09. The van der Waals surface area contributed by atoms with Gasteiger partial charge in [0.1, 0.15) is 0 Å². The maximum absolute atomic E-state index is 12.5. The number of nitrogens with one attached hydrogen (secondary N) is 1. The van der Waals surface area contributed by atoms with Crippen LogP contribution in [-0.4, -0.2) is 29.3 Å². The molecule has 0 bridgehead atoms. The van der Waals surface area contributed by atoms with E-state index in [9.17, 15) is 14.4 Å². The number of amides is 1. The fourth-order valence-corrected chi connectivity index (χ4v) is 2.91. The third kappa shape index (κ3) is 4.16. The minimum atomic E-state index is -0.0646. The molecule has 1 aromatic carbocycles. The molecular formula is C18H20BrNO3. The average molecular weight is 378 g/mol. The second-order valence-corrected chi connectivity index (χ2v) is 6.35. The zero-order chi connectivity index (χ0) is 16.8. The van der Waals surface area contributed by atoms with E-state index in [-0.39, 0.29) is 17.5 Å². The van der Waals surface area contributed by atoms with E-state index >= 15 is 0 Å². The molecule has 1 aliphatic rings. The maximum Gasteiger partial charge on any atom is 0.220 e. The van der Waals surface area contributed by atoms with E-state index in [4.69, 9.17) is 0 Å². The molecule has 0 unspecified atom stereocenters. The Morgan fingerprint density at radius 1 is 1.09 bits per heavy atom. The summed E-state index contributed by atoms with van der Waals surface area (Å²) < 4.78 is 0. The summed E-state index contributed by atoms with van der Waals surface area (Å²) in [5.41, 5.74) is 2.12. The number of benzene rings is 1. The highest BCUT2D eigenvalue weighted by Gasteiger charge is 2.28. The third-order valence-corrected chi connectivity index (χ3v) is 4.38. The summed E-state index contributed by atoms with van der Waals surface area (Å²) in [7, 11) is 0. The second-order valence-electron chi connectivity index (χ2n) is 5.55. The first-order chi connectivity index (χ1) is 11.1. The van der Waals surface area contributed by atoms with Gasteiger partial charge in [0, 0.05) is 40.6 Å². The molecule has 0 spiro atoms. The van der Waals surface area contributed by atoms with E-state index < -0.39 is 0 Å². The quantitative estimate of drug-likeness (QED) is 0.584. The van der Waals surface area contributed by atoms with Gasteiger partial charge in [0.25, 0.3) is 0 Å². The monoisotopic (exact) mass is 377 g/mol. The highest BCUT2D eigenvalue weighted by Crippen LogP contribution is 2.28. The van der Waals surface area contributed by atoms with Crippen molar-refractivity contribution in [2.45, 2.75) is 32.6 Å². The molecule has 0 aromatic heterocycles. The molecular weight excluding hydrogens is 358 g/mol. The summed E-state index contributed by atoms with van der Waals surface area (Å²) in [5.74, 6) is -0.0988. The highest BCUT2D eigenvalue weighted by atomic mass is 79.9. The van der Waals surface area contributed by atoms with Gasteiger partial charge in [-0.15, -0.1) is 0 Å². The Morgan fingerprint density at radius 2 is 1.74 bits per heavy atom. The number of carbonyl (C=O) groups is 3. The molecule has 0 atom stereocenters. The number of carbonyl (C=O) groups excluding carboxylic acids is 3. The summed E-state index contributed by atoms with van der Waals surface area (Å²) in [6.07, 6.45) is 2.40. The number of halogens is 1. The number of Topliss-reactive ketones (excluding diaryl/α,β-unsaturated/α-hetero) is 2. The Bertz CT molecular complexity index is 664. The smallest absolute Gasteiger partial charge is 0.220 e. The molecule has 0 saturated heterocycles. The number of ketones is 2. The zero-order valence-corrected chi connectivity index (χ0v) is 14.7. The molecule has 1 aromatic rings. The van der Waals surface area contributed by atoms with E-state index in [1.807, 2.05) is 0 Å². The molecule has 0 radical (unpaired) electrons. The summed E-state index contributed by atoms with van der Waals surface area (Å²) in [6, 6.07) is 6.95. The van der Waals surface area contributed by atoms with E-state index in [1.54, 1.807) is 31.2 Å². The Hall–Kier alpha value is -1.75. The molecule has 122 valence electrons. The van der Waals surface area contributed by atoms with Gasteiger partial charge in [-0.05, 0) is 26.2 Å². The van der Waals surface area contributed by atoms with Gasteiger partial charge < -0.3 is 5.32 Å². The van der Waals surface area contributed by atoms with Crippen LogP contribution in [0.25, 0.3) is 0 Å². The molecule has 5 heteroatoms. The van der Waals surface area contributed by atoms with Crippen molar-refractivity contribution >= 4 is 33.4 Å². The third-order valence-electron chi connectivity index (χ3n) is 3.98. The summed E-state index contributed by atoms with van der Waals surface area (Å²) in [4.78, 5) is 36.4. The Morgan fingerprint density at radius 3 is 2.39 bits per heavy atom. The van der Waals surface area contributed by atoms with Gasteiger partial charge in [0.15, 0.2) is 11.6 Å². The molecule has 23 heavy (non-hydrogen) atoms. The zero-order valence-electron chi connectivity index (χ0n) is 13.2. The predicted octanol–water partition coefficient (Wildman–Crippen LogP) is 3.45. The Kier molecular flexibility index (Phi) is 6.28. The molecule has 0 heterocycles. The SMILES string of the molecule is CC1=C(CCCCC(=O)NCCBr)C(=O)c2ccccc2C1=O. The summed E-state index contributed by atoms with van der Waals surface area (Å²) in [6.45, 7) is 2.33. The first-order valence-electron chi connectivity index (χ1n) is 7.77. The van der Waals surface area contributed by atoms with Gasteiger partial charge in [-0.1, -0.05) is 40.2 Å². The van der Waals surface area contributed by atoms with Crippen LogP contribution in [0.2, 0.25) is 0 Å². The van der Waals surface area contributed by atoms with Crippen LogP contribution in [0.4, 0.5) is 0 Å². The molecule has 0 aliphatic heterocycles.